The third kappa shape index (κ3) is 8.27. The van der Waals surface area contributed by atoms with E-state index in [0.717, 1.165) is 31.3 Å². The lowest BCUT2D eigenvalue weighted by molar-refractivity contribution is -0.154. The minimum atomic E-state index is -1.22. The third-order valence-corrected chi connectivity index (χ3v) is 8.06. The molecule has 2 fully saturated rings. The van der Waals surface area contributed by atoms with E-state index in [2.05, 4.69) is 17.6 Å². The molecule has 2 rings (SSSR count). The maximum Gasteiger partial charge on any atom is 0.309 e. The maximum atomic E-state index is 13.2. The van der Waals surface area contributed by atoms with Gasteiger partial charge in [-0.25, -0.2) is 0 Å². The van der Waals surface area contributed by atoms with Crippen LogP contribution in [0.3, 0.4) is 0 Å². The first-order valence-corrected chi connectivity index (χ1v) is 13.3. The Hall–Kier alpha value is -1.48. The molecule has 0 unspecified atom stereocenters. The van der Waals surface area contributed by atoms with Crippen LogP contribution in [-0.4, -0.2) is 53.0 Å². The predicted molar refractivity (Wildman–Crippen MR) is 142 cm³/mol. The first-order valence-electron chi connectivity index (χ1n) is 12.8. The molecule has 1 aliphatic carbocycles. The second kappa shape index (κ2) is 13.2. The molecule has 0 aromatic rings. The van der Waals surface area contributed by atoms with Crippen molar-refractivity contribution in [3.63, 3.8) is 0 Å². The third-order valence-electron chi connectivity index (χ3n) is 7.79. The molecule has 1 saturated carbocycles. The minimum Gasteiger partial charge on any atom is -0.458 e. The Kier molecular flexibility index (Phi) is 11.2. The van der Waals surface area contributed by atoms with E-state index in [1.807, 2.05) is 19.9 Å². The molecule has 4 N–H and O–H groups in total. The number of nitrogens with two attached hydrogens (primary N) is 1. The number of esters is 1. The fourth-order valence-corrected chi connectivity index (χ4v) is 5.18. The number of fused-ring (bicyclic) bond motifs is 1. The summed E-state index contributed by atoms with van der Waals surface area (Å²) in [4.78, 5) is 30.4. The molecule has 2 aliphatic rings. The standard InChI is InChI=1S/C27H44N2O5S/c1-16-7-6-8-19-12-20(19)13-22(17(2)11-21(15-35)29-10-9-28)34-24(31)14-23(30)27(4,5)26(33)18(3)25(16)32/h10-11,15-16,18-20,22-23,25,30,32,35H,6-9,12-14,28H2,1-5H3/b17-11+,21-15-,29-10?/t16-,18+,19-,20-,22-,23-,25-/m0/s1. The van der Waals surface area contributed by atoms with E-state index in [1.165, 1.54) is 0 Å². The van der Waals surface area contributed by atoms with Crippen molar-refractivity contribution in [2.24, 2.45) is 39.8 Å². The molecule has 0 amide bonds. The molecule has 0 aromatic heterocycles. The van der Waals surface area contributed by atoms with E-state index in [4.69, 9.17) is 10.5 Å². The van der Waals surface area contributed by atoms with Gasteiger partial charge in [0.05, 0.1) is 29.7 Å². The van der Waals surface area contributed by atoms with Crippen LogP contribution in [0.15, 0.2) is 27.7 Å². The van der Waals surface area contributed by atoms with Crippen molar-refractivity contribution in [3.05, 3.63) is 22.8 Å². The number of hydrogen-bond acceptors (Lipinski definition) is 8. The van der Waals surface area contributed by atoms with Crippen LogP contribution >= 0.6 is 12.6 Å². The number of aliphatic hydroxyl groups is 2. The number of carbonyl (C=O) groups is 2. The summed E-state index contributed by atoms with van der Waals surface area (Å²) in [7, 11) is 0. The Morgan fingerprint density at radius 2 is 1.89 bits per heavy atom. The molecule has 8 heteroatoms. The zero-order valence-electron chi connectivity index (χ0n) is 21.8. The zero-order chi connectivity index (χ0) is 26.3. The lowest BCUT2D eigenvalue weighted by atomic mass is 9.73. The van der Waals surface area contributed by atoms with Crippen molar-refractivity contribution in [1.29, 1.82) is 0 Å². The van der Waals surface area contributed by atoms with Gasteiger partial charge in [-0.3, -0.25) is 14.6 Å². The van der Waals surface area contributed by atoms with Crippen LogP contribution in [0.1, 0.15) is 73.1 Å². The fraction of sp³-hybridized carbons (Fsp3) is 0.741. The van der Waals surface area contributed by atoms with Gasteiger partial charge in [0.2, 0.25) is 0 Å². The Labute approximate surface area is 215 Å². The molecule has 7 nitrogen and oxygen atoms in total. The van der Waals surface area contributed by atoms with Gasteiger partial charge in [-0.15, -0.1) is 12.6 Å². The molecule has 1 saturated heterocycles. The first kappa shape index (κ1) is 29.7. The van der Waals surface area contributed by atoms with Gasteiger partial charge in [0.15, 0.2) is 0 Å². The second-order valence-electron chi connectivity index (χ2n) is 11.0. The van der Waals surface area contributed by atoms with Crippen LogP contribution in [0.4, 0.5) is 0 Å². The summed E-state index contributed by atoms with van der Waals surface area (Å²) in [6.45, 7) is 9.15. The SMILES string of the molecule is C/C(=C\C(=C\S)N=CCN)[C@@H]1C[C@@H]2C[C@@H]2CCC[C@H](C)[C@H](O)[C@@H](C)C(=O)C(C)(C)[C@@H](O)CC(=O)O1. The Balaban J connectivity index is 2.28. The topological polar surface area (TPSA) is 122 Å². The van der Waals surface area contributed by atoms with E-state index in [1.54, 1.807) is 32.4 Å². The monoisotopic (exact) mass is 508 g/mol. The number of Topliss-reactive ketones (excluding diaryl/α,β-unsaturated/α-hetero) is 1. The highest BCUT2D eigenvalue weighted by Crippen LogP contribution is 2.47. The summed E-state index contributed by atoms with van der Waals surface area (Å²) < 4.78 is 5.87. The lowest BCUT2D eigenvalue weighted by Crippen LogP contribution is -2.45. The van der Waals surface area contributed by atoms with Crippen LogP contribution in [0, 0.1) is 29.1 Å². The minimum absolute atomic E-state index is 0.0181. The molecular weight excluding hydrogens is 464 g/mol. The number of aliphatic imine (C=N–C) groups is 1. The Bertz CT molecular complexity index is 837. The molecule has 0 spiro atoms. The molecule has 0 aromatic carbocycles. The van der Waals surface area contributed by atoms with Gasteiger partial charge in [0.1, 0.15) is 11.9 Å². The van der Waals surface area contributed by atoms with Gasteiger partial charge >= 0.3 is 5.97 Å². The van der Waals surface area contributed by atoms with Crippen molar-refractivity contribution >= 4 is 30.6 Å². The highest BCUT2D eigenvalue weighted by Gasteiger charge is 2.43. The number of cyclic esters (lactones) is 1. The molecule has 7 atom stereocenters. The molecule has 35 heavy (non-hydrogen) atoms. The fourth-order valence-electron chi connectivity index (χ4n) is 5.04. The summed E-state index contributed by atoms with van der Waals surface area (Å²) in [5.41, 5.74) is 5.76. The summed E-state index contributed by atoms with van der Waals surface area (Å²) >= 11 is 4.22. The van der Waals surface area contributed by atoms with Gasteiger partial charge in [0, 0.05) is 18.7 Å². The number of rotatable bonds is 4. The predicted octanol–water partition coefficient (Wildman–Crippen LogP) is 3.83. The zero-order valence-corrected chi connectivity index (χ0v) is 22.7. The highest BCUT2D eigenvalue weighted by atomic mass is 32.1. The average Bonchev–Trinajstić information content (AvgIpc) is 3.56. The van der Waals surface area contributed by atoms with Crippen LogP contribution in [0.25, 0.3) is 0 Å². The number of hydrogen-bond donors (Lipinski definition) is 4. The van der Waals surface area contributed by atoms with Crippen LogP contribution < -0.4 is 5.73 Å². The number of allylic oxidation sites excluding steroid dienone is 1. The van der Waals surface area contributed by atoms with Crippen LogP contribution in [0.2, 0.25) is 0 Å². The van der Waals surface area contributed by atoms with Crippen molar-refractivity contribution < 1.29 is 24.5 Å². The van der Waals surface area contributed by atoms with Gasteiger partial charge in [-0.05, 0) is 61.0 Å². The first-order chi connectivity index (χ1) is 16.4. The molecule has 198 valence electrons. The average molecular weight is 509 g/mol. The van der Waals surface area contributed by atoms with Gasteiger partial charge in [-0.1, -0.05) is 40.5 Å². The second-order valence-corrected chi connectivity index (χ2v) is 11.2. The number of ether oxygens (including phenoxy) is 1. The lowest BCUT2D eigenvalue weighted by Gasteiger charge is -2.34. The molecule has 1 heterocycles. The van der Waals surface area contributed by atoms with Crippen molar-refractivity contribution in [2.75, 3.05) is 6.54 Å². The quantitative estimate of drug-likeness (QED) is 0.198. The maximum absolute atomic E-state index is 13.2. The summed E-state index contributed by atoms with van der Waals surface area (Å²) in [5, 5.41) is 23.2. The van der Waals surface area contributed by atoms with E-state index in [-0.39, 0.29) is 18.1 Å². The van der Waals surface area contributed by atoms with Gasteiger partial charge < -0.3 is 20.7 Å². The van der Waals surface area contributed by atoms with Crippen LogP contribution in [0.5, 0.6) is 0 Å². The Morgan fingerprint density at radius 3 is 2.51 bits per heavy atom. The number of ketones is 1. The largest absolute Gasteiger partial charge is 0.458 e. The van der Waals surface area contributed by atoms with Crippen LogP contribution in [-0.2, 0) is 14.3 Å². The molecule has 0 radical (unpaired) electrons. The number of aliphatic hydroxyl groups excluding tert-OH is 2. The molecular formula is C27H44N2O5S. The summed E-state index contributed by atoms with van der Waals surface area (Å²) in [6.07, 6.45) is 5.34. The number of carbonyl (C=O) groups excluding carboxylic acids is 2. The summed E-state index contributed by atoms with van der Waals surface area (Å²) in [5.74, 6) is -0.424. The molecule has 0 bridgehead atoms. The van der Waals surface area contributed by atoms with Crippen molar-refractivity contribution in [2.45, 2.75) is 91.5 Å². The number of nitrogens with zero attached hydrogens (tertiary/aromatic N) is 1. The van der Waals surface area contributed by atoms with Gasteiger partial charge in [0.25, 0.3) is 0 Å². The highest BCUT2D eigenvalue weighted by molar-refractivity contribution is 7.83. The van der Waals surface area contributed by atoms with Crippen molar-refractivity contribution in [3.8, 4) is 0 Å². The Morgan fingerprint density at radius 1 is 1.20 bits per heavy atom. The normalized spacial score (nSPS) is 36.1. The van der Waals surface area contributed by atoms with E-state index in [9.17, 15) is 19.8 Å². The van der Waals surface area contributed by atoms with Gasteiger partial charge in [-0.2, -0.15) is 0 Å². The van der Waals surface area contributed by atoms with E-state index < -0.39 is 35.6 Å². The smallest absolute Gasteiger partial charge is 0.309 e. The number of thiol groups is 1. The van der Waals surface area contributed by atoms with E-state index >= 15 is 0 Å². The molecule has 1 aliphatic heterocycles. The summed E-state index contributed by atoms with van der Waals surface area (Å²) in [6, 6.07) is 0. The van der Waals surface area contributed by atoms with E-state index in [0.29, 0.717) is 30.5 Å². The van der Waals surface area contributed by atoms with Crippen molar-refractivity contribution in [1.82, 2.24) is 0 Å².